The van der Waals surface area contributed by atoms with Crippen LogP contribution in [0.25, 0.3) is 0 Å². The van der Waals surface area contributed by atoms with Crippen LogP contribution in [0.15, 0.2) is 11.4 Å². The van der Waals surface area contributed by atoms with Crippen molar-refractivity contribution in [3.63, 3.8) is 0 Å². The van der Waals surface area contributed by atoms with Gasteiger partial charge in [0.05, 0.1) is 0 Å². The molecule has 0 radical (unpaired) electrons. The fraction of sp³-hybridized carbons (Fsp3) is 0.538. The van der Waals surface area contributed by atoms with E-state index >= 15 is 0 Å². The van der Waals surface area contributed by atoms with Crippen molar-refractivity contribution in [1.82, 2.24) is 5.32 Å². The number of hydrogen-bond donors (Lipinski definition) is 2. The monoisotopic (exact) mass is 299 g/mol. The van der Waals surface area contributed by atoms with Crippen molar-refractivity contribution in [3.8, 4) is 0 Å². The van der Waals surface area contributed by atoms with Gasteiger partial charge in [-0.15, -0.1) is 23.1 Å². The zero-order valence-corrected chi connectivity index (χ0v) is 12.6. The van der Waals surface area contributed by atoms with Gasteiger partial charge in [0.15, 0.2) is 0 Å². The topological polar surface area (TPSA) is 66.4 Å². The molecule has 0 saturated carbocycles. The number of thioether (sulfide) groups is 1. The lowest BCUT2D eigenvalue weighted by molar-refractivity contribution is -0.146. The predicted molar refractivity (Wildman–Crippen MR) is 77.7 cm³/mol. The van der Waals surface area contributed by atoms with Crippen LogP contribution in [-0.2, 0) is 16.0 Å². The fourth-order valence-corrected chi connectivity index (χ4v) is 4.29. The Balaban J connectivity index is 2.16. The van der Waals surface area contributed by atoms with Crippen LogP contribution < -0.4 is 5.32 Å². The van der Waals surface area contributed by atoms with Crippen molar-refractivity contribution in [3.05, 3.63) is 21.9 Å². The van der Waals surface area contributed by atoms with Crippen LogP contribution in [0, 0.1) is 0 Å². The molecule has 1 aromatic heterocycles. The highest BCUT2D eigenvalue weighted by atomic mass is 32.2. The van der Waals surface area contributed by atoms with Gasteiger partial charge in [-0.3, -0.25) is 4.79 Å². The van der Waals surface area contributed by atoms with Crippen molar-refractivity contribution < 1.29 is 14.7 Å². The smallest absolute Gasteiger partial charge is 0.329 e. The molecule has 2 N–H and O–H groups in total. The van der Waals surface area contributed by atoms with Gasteiger partial charge in [0.25, 0.3) is 0 Å². The summed E-state index contributed by atoms with van der Waals surface area (Å²) in [6, 6.07) is 1.97. The minimum atomic E-state index is -1.19. The van der Waals surface area contributed by atoms with Crippen molar-refractivity contribution in [2.45, 2.75) is 37.5 Å². The number of aryl methyl sites for hydroxylation is 1. The van der Waals surface area contributed by atoms with Gasteiger partial charge in [-0.25, -0.2) is 4.79 Å². The van der Waals surface area contributed by atoms with Crippen molar-refractivity contribution in [1.29, 1.82) is 0 Å². The Kier molecular flexibility index (Phi) is 4.20. The quantitative estimate of drug-likeness (QED) is 0.896. The summed E-state index contributed by atoms with van der Waals surface area (Å²) in [4.78, 5) is 24.8. The molecule has 1 aliphatic heterocycles. The molecule has 2 unspecified atom stereocenters. The third-order valence-corrected chi connectivity index (χ3v) is 5.73. The minimum absolute atomic E-state index is 0.198. The van der Waals surface area contributed by atoms with E-state index in [0.717, 1.165) is 17.7 Å². The van der Waals surface area contributed by atoms with Gasteiger partial charge in [-0.2, -0.15) is 0 Å². The predicted octanol–water partition coefficient (Wildman–Crippen LogP) is 2.45. The van der Waals surface area contributed by atoms with E-state index in [4.69, 9.17) is 0 Å². The third kappa shape index (κ3) is 2.79. The Labute approximate surface area is 120 Å². The number of rotatable bonds is 4. The van der Waals surface area contributed by atoms with Gasteiger partial charge < -0.3 is 10.4 Å². The van der Waals surface area contributed by atoms with E-state index in [2.05, 4.69) is 5.32 Å². The van der Waals surface area contributed by atoms with E-state index in [9.17, 15) is 14.7 Å². The lowest BCUT2D eigenvalue weighted by Gasteiger charge is -2.28. The van der Waals surface area contributed by atoms with Crippen molar-refractivity contribution in [2.75, 3.05) is 5.75 Å². The van der Waals surface area contributed by atoms with Gasteiger partial charge in [-0.1, -0.05) is 6.92 Å². The van der Waals surface area contributed by atoms with E-state index in [-0.39, 0.29) is 11.2 Å². The summed E-state index contributed by atoms with van der Waals surface area (Å²) >= 11 is 3.25. The number of nitrogens with one attached hydrogen (secondary N) is 1. The molecule has 2 rings (SSSR count). The van der Waals surface area contributed by atoms with Crippen LogP contribution in [-0.4, -0.2) is 28.3 Å². The average molecular weight is 299 g/mol. The first-order valence-corrected chi connectivity index (χ1v) is 8.14. The number of amides is 1. The van der Waals surface area contributed by atoms with Gasteiger partial charge in [0, 0.05) is 4.88 Å². The molecular formula is C13H17NO3S2. The number of thiophene rings is 1. The summed E-state index contributed by atoms with van der Waals surface area (Å²) in [5.74, 6) is -0.285. The lowest BCUT2D eigenvalue weighted by atomic mass is 9.98. The van der Waals surface area contributed by atoms with Crippen LogP contribution in [0.5, 0.6) is 0 Å². The zero-order chi connectivity index (χ0) is 14.0. The Morgan fingerprint density at radius 3 is 2.95 bits per heavy atom. The largest absolute Gasteiger partial charge is 0.480 e. The highest BCUT2D eigenvalue weighted by molar-refractivity contribution is 8.00. The second-order valence-corrected chi connectivity index (χ2v) is 6.99. The molecule has 2 atom stereocenters. The maximum atomic E-state index is 12.3. The van der Waals surface area contributed by atoms with Gasteiger partial charge in [-0.05, 0) is 42.5 Å². The first kappa shape index (κ1) is 14.4. The molecule has 19 heavy (non-hydrogen) atoms. The molecule has 2 heterocycles. The summed E-state index contributed by atoms with van der Waals surface area (Å²) in [6.07, 6.45) is 1.35. The lowest BCUT2D eigenvalue weighted by Crippen LogP contribution is -2.52. The normalized spacial score (nSPS) is 21.3. The second kappa shape index (κ2) is 5.54. The third-order valence-electron chi connectivity index (χ3n) is 3.49. The number of carboxylic acids is 1. The fourth-order valence-electron chi connectivity index (χ4n) is 1.99. The first-order valence-electron chi connectivity index (χ1n) is 6.21. The number of carbonyl (C=O) groups is 2. The summed E-state index contributed by atoms with van der Waals surface area (Å²) in [5.41, 5.74) is -0.145. The second-order valence-electron chi connectivity index (χ2n) is 4.78. The summed E-state index contributed by atoms with van der Waals surface area (Å²) in [7, 11) is 0. The average Bonchev–Trinajstić information content (AvgIpc) is 2.86. The van der Waals surface area contributed by atoms with Crippen molar-refractivity contribution >= 4 is 35.0 Å². The van der Waals surface area contributed by atoms with E-state index < -0.39 is 11.5 Å². The molecule has 104 valence electrons. The minimum Gasteiger partial charge on any atom is -0.480 e. The van der Waals surface area contributed by atoms with Gasteiger partial charge in [0.2, 0.25) is 5.91 Å². The molecule has 1 aliphatic rings. The molecule has 0 aromatic carbocycles. The SMILES string of the molecule is CCC(C)(NC(=O)C1SCCc2sccc21)C(=O)O. The van der Waals surface area contributed by atoms with Crippen LogP contribution in [0.2, 0.25) is 0 Å². The Hall–Kier alpha value is -1.01. The molecule has 6 heteroatoms. The molecule has 0 aliphatic carbocycles. The van der Waals surface area contributed by atoms with Crippen LogP contribution >= 0.6 is 23.1 Å². The summed E-state index contributed by atoms with van der Waals surface area (Å²) < 4.78 is 0. The highest BCUT2D eigenvalue weighted by Crippen LogP contribution is 2.39. The Morgan fingerprint density at radius 2 is 2.32 bits per heavy atom. The van der Waals surface area contributed by atoms with Crippen molar-refractivity contribution in [2.24, 2.45) is 0 Å². The molecule has 0 saturated heterocycles. The molecule has 1 aromatic rings. The molecular weight excluding hydrogens is 282 g/mol. The highest BCUT2D eigenvalue weighted by Gasteiger charge is 2.37. The maximum absolute atomic E-state index is 12.3. The number of carbonyl (C=O) groups excluding carboxylic acids is 1. The number of hydrogen-bond acceptors (Lipinski definition) is 4. The van der Waals surface area contributed by atoms with Crippen LogP contribution in [0.4, 0.5) is 0 Å². The van der Waals surface area contributed by atoms with Crippen LogP contribution in [0.1, 0.15) is 36.0 Å². The standard InChI is InChI=1S/C13H17NO3S2/c1-3-13(2,12(16)17)14-11(15)10-8-4-6-18-9(8)5-7-19-10/h4,6,10H,3,5,7H2,1-2H3,(H,14,15)(H,16,17). The van der Waals surface area contributed by atoms with Crippen LogP contribution in [0.3, 0.4) is 0 Å². The molecule has 1 amide bonds. The molecule has 0 bridgehead atoms. The van der Waals surface area contributed by atoms with E-state index in [1.807, 2.05) is 11.4 Å². The number of fused-ring (bicyclic) bond motifs is 1. The first-order chi connectivity index (χ1) is 8.98. The summed E-state index contributed by atoms with van der Waals surface area (Å²) in [5, 5.41) is 13.6. The number of carboxylic acid groups (broad SMARTS) is 1. The molecule has 0 fully saturated rings. The maximum Gasteiger partial charge on any atom is 0.329 e. The van der Waals surface area contributed by atoms with Gasteiger partial charge >= 0.3 is 5.97 Å². The van der Waals surface area contributed by atoms with Gasteiger partial charge in [0.1, 0.15) is 10.8 Å². The zero-order valence-electron chi connectivity index (χ0n) is 10.9. The Bertz CT molecular complexity index is 500. The number of aliphatic carboxylic acids is 1. The summed E-state index contributed by atoms with van der Waals surface area (Å²) in [6.45, 7) is 3.31. The molecule has 0 spiro atoms. The Morgan fingerprint density at radius 1 is 1.58 bits per heavy atom. The molecule has 4 nitrogen and oxygen atoms in total. The van der Waals surface area contributed by atoms with E-state index in [1.54, 1.807) is 36.9 Å². The van der Waals surface area contributed by atoms with E-state index in [0.29, 0.717) is 6.42 Å². The van der Waals surface area contributed by atoms with E-state index in [1.165, 1.54) is 4.88 Å².